The Morgan fingerprint density at radius 1 is 0.722 bits per heavy atom. The van der Waals surface area contributed by atoms with Crippen LogP contribution in [0.5, 0.6) is 0 Å². The fourth-order valence-electron chi connectivity index (χ4n) is 4.21. The SMILES string of the molecule is CCCCCCCCCCCCCCCCCCCC(COP(O)OCCN(C)C)OC(=O)CCC. The highest BCUT2D eigenvalue weighted by Crippen LogP contribution is 2.33. The van der Waals surface area contributed by atoms with Crippen LogP contribution in [0.15, 0.2) is 0 Å². The Morgan fingerprint density at radius 3 is 1.64 bits per heavy atom. The standard InChI is InChI=1S/C29H60NO5P/c1-5-7-8-9-10-11-12-13-14-15-16-17-18-19-20-21-22-24-28(35-29(31)23-6-2)27-34-36(32)33-26-25-30(3)4/h28,32H,5-27H2,1-4H3. The first-order chi connectivity index (χ1) is 17.5. The Bertz CT molecular complexity index is 467. The Morgan fingerprint density at radius 2 is 1.19 bits per heavy atom. The van der Waals surface area contributed by atoms with Crippen molar-refractivity contribution in [3.8, 4) is 0 Å². The highest BCUT2D eigenvalue weighted by molar-refractivity contribution is 7.40. The van der Waals surface area contributed by atoms with E-state index in [0.717, 1.165) is 32.2 Å². The minimum Gasteiger partial charge on any atom is -0.460 e. The van der Waals surface area contributed by atoms with Gasteiger partial charge in [0.2, 0.25) is 0 Å². The minimum atomic E-state index is -1.93. The first kappa shape index (κ1) is 35.7. The largest absolute Gasteiger partial charge is 0.460 e. The van der Waals surface area contributed by atoms with E-state index >= 15 is 0 Å². The summed E-state index contributed by atoms with van der Waals surface area (Å²) in [5.74, 6) is -0.186. The quantitative estimate of drug-likeness (QED) is 0.0617. The first-order valence-electron chi connectivity index (χ1n) is 15.1. The van der Waals surface area contributed by atoms with E-state index in [2.05, 4.69) is 6.92 Å². The first-order valence-corrected chi connectivity index (χ1v) is 16.2. The molecule has 0 aliphatic heterocycles. The van der Waals surface area contributed by atoms with Crippen molar-refractivity contribution in [1.29, 1.82) is 0 Å². The Labute approximate surface area is 225 Å². The van der Waals surface area contributed by atoms with E-state index in [0.29, 0.717) is 13.0 Å². The molecule has 0 aliphatic carbocycles. The number of hydrogen-bond donors (Lipinski definition) is 1. The fraction of sp³-hybridized carbons (Fsp3) is 0.966. The van der Waals surface area contributed by atoms with Crippen LogP contribution in [0, 0.1) is 0 Å². The van der Waals surface area contributed by atoms with Crippen LogP contribution in [-0.4, -0.2) is 55.7 Å². The van der Waals surface area contributed by atoms with E-state index in [1.54, 1.807) is 0 Å². The summed E-state index contributed by atoms with van der Waals surface area (Å²) in [7, 11) is 1.97. The number of unbranched alkanes of at least 4 members (excludes halogenated alkanes) is 16. The Kier molecular flexibility index (Phi) is 27.6. The van der Waals surface area contributed by atoms with Gasteiger partial charge in [0, 0.05) is 13.0 Å². The third kappa shape index (κ3) is 26.8. The van der Waals surface area contributed by atoms with Gasteiger partial charge in [0.1, 0.15) is 6.10 Å². The van der Waals surface area contributed by atoms with Gasteiger partial charge >= 0.3 is 14.6 Å². The molecule has 36 heavy (non-hydrogen) atoms. The normalized spacial score (nSPS) is 13.3. The molecule has 0 amide bonds. The molecule has 7 heteroatoms. The topological polar surface area (TPSA) is 68.2 Å². The number of likely N-dealkylation sites (N-methyl/N-ethyl adjacent to an activating group) is 1. The van der Waals surface area contributed by atoms with Gasteiger partial charge in [-0.1, -0.05) is 117 Å². The third-order valence-corrected chi connectivity index (χ3v) is 7.27. The van der Waals surface area contributed by atoms with E-state index in [9.17, 15) is 9.69 Å². The van der Waals surface area contributed by atoms with Crippen LogP contribution >= 0.6 is 8.60 Å². The van der Waals surface area contributed by atoms with Gasteiger partial charge in [-0.05, 0) is 33.4 Å². The average molecular weight is 534 g/mol. The molecule has 0 aliphatic rings. The predicted molar refractivity (Wildman–Crippen MR) is 153 cm³/mol. The molecule has 0 saturated heterocycles. The molecular formula is C29H60NO5P. The maximum Gasteiger partial charge on any atom is 0.330 e. The lowest BCUT2D eigenvalue weighted by Crippen LogP contribution is -2.23. The highest BCUT2D eigenvalue weighted by Gasteiger charge is 2.17. The molecule has 2 atom stereocenters. The highest BCUT2D eigenvalue weighted by atomic mass is 31.2. The summed E-state index contributed by atoms with van der Waals surface area (Å²) in [5.41, 5.74) is 0. The molecule has 216 valence electrons. The van der Waals surface area contributed by atoms with Gasteiger partial charge < -0.3 is 23.6 Å². The molecule has 0 aromatic carbocycles. The van der Waals surface area contributed by atoms with Crippen molar-refractivity contribution in [3.05, 3.63) is 0 Å². The molecule has 0 saturated carbocycles. The lowest BCUT2D eigenvalue weighted by atomic mass is 10.0. The van der Waals surface area contributed by atoms with E-state index in [4.69, 9.17) is 13.8 Å². The monoisotopic (exact) mass is 533 g/mol. The third-order valence-electron chi connectivity index (χ3n) is 6.49. The van der Waals surface area contributed by atoms with Crippen LogP contribution in [0.3, 0.4) is 0 Å². The molecule has 0 bridgehead atoms. The van der Waals surface area contributed by atoms with Gasteiger partial charge in [-0.25, -0.2) is 0 Å². The molecule has 2 unspecified atom stereocenters. The lowest BCUT2D eigenvalue weighted by molar-refractivity contribution is -0.151. The number of nitrogens with zero attached hydrogens (tertiary/aromatic N) is 1. The molecule has 6 nitrogen and oxygen atoms in total. The zero-order valence-electron chi connectivity index (χ0n) is 24.3. The Hall–Kier alpha value is -0.260. The second kappa shape index (κ2) is 27.8. The number of carbonyl (C=O) groups is 1. The van der Waals surface area contributed by atoms with E-state index in [1.807, 2.05) is 25.9 Å². The molecule has 0 fully saturated rings. The summed E-state index contributed by atoms with van der Waals surface area (Å²) in [6.07, 6.45) is 24.5. The van der Waals surface area contributed by atoms with Crippen molar-refractivity contribution >= 4 is 14.6 Å². The summed E-state index contributed by atoms with van der Waals surface area (Å²) in [4.78, 5) is 23.9. The summed E-state index contributed by atoms with van der Waals surface area (Å²) >= 11 is 0. The predicted octanol–water partition coefficient (Wildman–Crippen LogP) is 8.55. The van der Waals surface area contributed by atoms with Gasteiger partial charge in [-0.15, -0.1) is 0 Å². The minimum absolute atomic E-state index is 0.186. The number of hydrogen-bond acceptors (Lipinski definition) is 6. The second-order valence-electron chi connectivity index (χ2n) is 10.5. The zero-order valence-corrected chi connectivity index (χ0v) is 25.2. The number of carbonyl (C=O) groups excluding carboxylic acids is 1. The molecule has 0 heterocycles. The van der Waals surface area contributed by atoms with Gasteiger partial charge in [-0.3, -0.25) is 4.79 Å². The van der Waals surface area contributed by atoms with E-state index in [-0.39, 0.29) is 18.7 Å². The van der Waals surface area contributed by atoms with Gasteiger partial charge in [-0.2, -0.15) is 0 Å². The summed E-state index contributed by atoms with van der Waals surface area (Å²) < 4.78 is 16.3. The molecular weight excluding hydrogens is 473 g/mol. The Balaban J connectivity index is 3.73. The van der Waals surface area contributed by atoms with Crippen LogP contribution in [0.25, 0.3) is 0 Å². The van der Waals surface area contributed by atoms with Crippen LogP contribution in [0.2, 0.25) is 0 Å². The molecule has 0 spiro atoms. The summed E-state index contributed by atoms with van der Waals surface area (Å²) in [6.45, 7) is 5.57. The zero-order chi connectivity index (χ0) is 26.7. The summed E-state index contributed by atoms with van der Waals surface area (Å²) in [5, 5.41) is 0. The molecule has 0 radical (unpaired) electrons. The van der Waals surface area contributed by atoms with Crippen molar-refractivity contribution in [2.75, 3.05) is 33.9 Å². The maximum atomic E-state index is 12.0. The van der Waals surface area contributed by atoms with Gasteiger partial charge in [0.15, 0.2) is 0 Å². The smallest absolute Gasteiger partial charge is 0.330 e. The van der Waals surface area contributed by atoms with Crippen molar-refractivity contribution in [2.24, 2.45) is 0 Å². The van der Waals surface area contributed by atoms with E-state index in [1.165, 1.54) is 96.3 Å². The lowest BCUT2D eigenvalue weighted by Gasteiger charge is -2.20. The van der Waals surface area contributed by atoms with Crippen LogP contribution in [0.4, 0.5) is 0 Å². The van der Waals surface area contributed by atoms with Crippen LogP contribution in [-0.2, 0) is 18.6 Å². The maximum absolute atomic E-state index is 12.0. The van der Waals surface area contributed by atoms with Crippen molar-refractivity contribution in [2.45, 2.75) is 148 Å². The van der Waals surface area contributed by atoms with Crippen molar-refractivity contribution in [3.63, 3.8) is 0 Å². The average Bonchev–Trinajstić information content (AvgIpc) is 2.84. The molecule has 0 aromatic heterocycles. The molecule has 0 rings (SSSR count). The fourth-order valence-corrected chi connectivity index (χ4v) is 4.81. The van der Waals surface area contributed by atoms with Crippen molar-refractivity contribution in [1.82, 2.24) is 4.90 Å². The number of esters is 1. The van der Waals surface area contributed by atoms with Gasteiger partial charge in [0.25, 0.3) is 0 Å². The van der Waals surface area contributed by atoms with Crippen LogP contribution in [0.1, 0.15) is 142 Å². The molecule has 0 aromatic rings. The molecule has 1 N–H and O–H groups in total. The van der Waals surface area contributed by atoms with Crippen LogP contribution < -0.4 is 0 Å². The number of rotatable bonds is 28. The number of ether oxygens (including phenoxy) is 1. The van der Waals surface area contributed by atoms with Gasteiger partial charge in [0.05, 0.1) is 13.2 Å². The second-order valence-corrected chi connectivity index (χ2v) is 11.5. The van der Waals surface area contributed by atoms with Crippen molar-refractivity contribution < 1.29 is 23.5 Å². The summed E-state index contributed by atoms with van der Waals surface area (Å²) in [6, 6.07) is 0. The van der Waals surface area contributed by atoms with E-state index < -0.39 is 8.60 Å².